The van der Waals surface area contributed by atoms with Crippen molar-refractivity contribution >= 4 is 5.97 Å². The summed E-state index contributed by atoms with van der Waals surface area (Å²) in [4.78, 5) is 11.2. The van der Waals surface area contributed by atoms with E-state index in [0.717, 1.165) is 48.1 Å². The van der Waals surface area contributed by atoms with Gasteiger partial charge in [-0.1, -0.05) is 25.8 Å². The molecule has 0 saturated carbocycles. The number of ether oxygens (including phenoxy) is 2. The Morgan fingerprint density at radius 1 is 1.33 bits per heavy atom. The number of aromatic hydroxyl groups is 1. The molecule has 0 bridgehead atoms. The largest absolute Gasteiger partial charge is 0.508 e. The van der Waals surface area contributed by atoms with E-state index in [4.69, 9.17) is 9.47 Å². The summed E-state index contributed by atoms with van der Waals surface area (Å²) in [6, 6.07) is 4.03. The van der Waals surface area contributed by atoms with Crippen LogP contribution in [0, 0.1) is 5.92 Å². The second-order valence-electron chi connectivity index (χ2n) is 8.48. The molecule has 3 rings (SSSR count). The fourth-order valence-electron chi connectivity index (χ4n) is 4.56. The van der Waals surface area contributed by atoms with E-state index in [2.05, 4.69) is 32.9 Å². The van der Waals surface area contributed by atoms with Crippen molar-refractivity contribution < 1.29 is 19.4 Å². The Bertz CT molecular complexity index is 732. The van der Waals surface area contributed by atoms with Crippen LogP contribution >= 0.6 is 0 Å². The Kier molecular flexibility index (Phi) is 5.83. The number of phenols is 1. The maximum absolute atomic E-state index is 11.2. The molecule has 0 amide bonds. The van der Waals surface area contributed by atoms with Gasteiger partial charge in [0.25, 0.3) is 0 Å². The summed E-state index contributed by atoms with van der Waals surface area (Å²) in [5, 5.41) is 10.8. The number of benzene rings is 1. The predicted molar refractivity (Wildman–Crippen MR) is 106 cm³/mol. The van der Waals surface area contributed by atoms with E-state index in [1.54, 1.807) is 0 Å². The molecule has 1 N–H and O–H groups in total. The van der Waals surface area contributed by atoms with Gasteiger partial charge < -0.3 is 14.6 Å². The maximum atomic E-state index is 11.2. The van der Waals surface area contributed by atoms with Gasteiger partial charge in [0.2, 0.25) is 0 Å². The average Bonchev–Trinajstić information content (AvgIpc) is 2.59. The molecule has 2 aliphatic rings. The zero-order valence-corrected chi connectivity index (χ0v) is 17.0. The van der Waals surface area contributed by atoms with Crippen LogP contribution in [0.15, 0.2) is 23.8 Å². The molecule has 1 heterocycles. The van der Waals surface area contributed by atoms with Crippen molar-refractivity contribution in [1.82, 2.24) is 0 Å². The summed E-state index contributed by atoms with van der Waals surface area (Å²) in [5.41, 5.74) is 2.89. The summed E-state index contributed by atoms with van der Waals surface area (Å²) in [5.74, 6) is 1.39. The quantitative estimate of drug-likeness (QED) is 0.419. The number of carbonyl (C=O) groups is 1. The number of phenolic OH excluding ortho intramolecular Hbond substituents is 1. The number of carbonyl (C=O) groups excluding carboxylic acids is 1. The first-order valence-electron chi connectivity index (χ1n) is 10.2. The topological polar surface area (TPSA) is 55.8 Å². The van der Waals surface area contributed by atoms with Crippen LogP contribution in [0.25, 0.3) is 0 Å². The first kappa shape index (κ1) is 19.8. The van der Waals surface area contributed by atoms with Crippen LogP contribution in [0.3, 0.4) is 0 Å². The molecule has 1 aliphatic heterocycles. The summed E-state index contributed by atoms with van der Waals surface area (Å²) in [7, 11) is 0. The van der Waals surface area contributed by atoms with E-state index in [1.807, 2.05) is 6.07 Å². The summed E-state index contributed by atoms with van der Waals surface area (Å²) in [6.45, 7) is 8.24. The van der Waals surface area contributed by atoms with Gasteiger partial charge in [-0.15, -0.1) is 0 Å². The SMILES string of the molecule is CCCCCc1cc(O)c2c(c1)OC(C)(C)[C@@H]1CC=C(COC(C)=O)C[C@@H]21. The fraction of sp³-hybridized carbons (Fsp3) is 0.609. The highest BCUT2D eigenvalue weighted by molar-refractivity contribution is 5.66. The zero-order valence-electron chi connectivity index (χ0n) is 17.0. The normalized spacial score (nSPS) is 22.9. The predicted octanol–water partition coefficient (Wildman–Crippen LogP) is 5.28. The van der Waals surface area contributed by atoms with E-state index < -0.39 is 0 Å². The number of hydrogen-bond acceptors (Lipinski definition) is 4. The number of aryl methyl sites for hydroxylation is 1. The molecule has 0 aromatic heterocycles. The molecule has 148 valence electrons. The average molecular weight is 373 g/mol. The number of esters is 1. The number of rotatable bonds is 6. The first-order valence-corrected chi connectivity index (χ1v) is 10.2. The van der Waals surface area contributed by atoms with Crippen molar-refractivity contribution in [3.05, 3.63) is 34.9 Å². The van der Waals surface area contributed by atoms with E-state index in [1.165, 1.54) is 19.8 Å². The highest BCUT2D eigenvalue weighted by Gasteiger charge is 2.46. The number of hydrogen-bond donors (Lipinski definition) is 1. The molecule has 1 aromatic carbocycles. The Morgan fingerprint density at radius 3 is 2.81 bits per heavy atom. The van der Waals surface area contributed by atoms with Gasteiger partial charge >= 0.3 is 5.97 Å². The molecule has 1 aromatic rings. The highest BCUT2D eigenvalue weighted by Crippen LogP contribution is 2.54. The third-order valence-electron chi connectivity index (χ3n) is 5.97. The monoisotopic (exact) mass is 372 g/mol. The number of allylic oxidation sites excluding steroid dienone is 1. The lowest BCUT2D eigenvalue weighted by Crippen LogP contribution is -2.45. The molecule has 0 saturated heterocycles. The molecule has 2 atom stereocenters. The summed E-state index contributed by atoms with van der Waals surface area (Å²) >= 11 is 0. The molecule has 4 nitrogen and oxygen atoms in total. The van der Waals surface area contributed by atoms with Crippen molar-refractivity contribution in [3.8, 4) is 11.5 Å². The molecular weight excluding hydrogens is 340 g/mol. The van der Waals surface area contributed by atoms with Gasteiger partial charge in [0, 0.05) is 24.3 Å². The van der Waals surface area contributed by atoms with Crippen LogP contribution < -0.4 is 4.74 Å². The van der Waals surface area contributed by atoms with E-state index in [0.29, 0.717) is 18.3 Å². The molecule has 1 aliphatic carbocycles. The van der Waals surface area contributed by atoms with Gasteiger partial charge in [-0.25, -0.2) is 0 Å². The molecule has 27 heavy (non-hydrogen) atoms. The lowest BCUT2D eigenvalue weighted by molar-refractivity contribution is -0.140. The number of fused-ring (bicyclic) bond motifs is 3. The van der Waals surface area contributed by atoms with Gasteiger partial charge in [0.15, 0.2) is 0 Å². The smallest absolute Gasteiger partial charge is 0.302 e. The van der Waals surface area contributed by atoms with Crippen molar-refractivity contribution in [2.75, 3.05) is 6.61 Å². The van der Waals surface area contributed by atoms with Crippen molar-refractivity contribution in [3.63, 3.8) is 0 Å². The minimum Gasteiger partial charge on any atom is -0.508 e. The Balaban J connectivity index is 1.89. The van der Waals surface area contributed by atoms with Crippen LogP contribution in [-0.4, -0.2) is 23.3 Å². The minimum absolute atomic E-state index is 0.184. The van der Waals surface area contributed by atoms with Gasteiger partial charge in [-0.05, 0) is 62.8 Å². The third-order valence-corrected chi connectivity index (χ3v) is 5.97. The lowest BCUT2D eigenvalue weighted by atomic mass is 9.67. The Hall–Kier alpha value is -1.97. The van der Waals surface area contributed by atoms with Crippen LogP contribution in [0.2, 0.25) is 0 Å². The van der Waals surface area contributed by atoms with E-state index >= 15 is 0 Å². The lowest BCUT2D eigenvalue weighted by Gasteiger charge is -2.47. The molecule has 0 spiro atoms. The molecule has 4 heteroatoms. The van der Waals surface area contributed by atoms with Gasteiger partial charge in [-0.2, -0.15) is 0 Å². The molecule has 0 unspecified atom stereocenters. The van der Waals surface area contributed by atoms with E-state index in [-0.39, 0.29) is 17.5 Å². The van der Waals surface area contributed by atoms with Crippen LogP contribution in [0.1, 0.15) is 76.8 Å². The van der Waals surface area contributed by atoms with Crippen molar-refractivity contribution in [2.24, 2.45) is 5.92 Å². The third kappa shape index (κ3) is 4.31. The second kappa shape index (κ2) is 7.95. The molecular formula is C23H32O4. The minimum atomic E-state index is -0.296. The van der Waals surface area contributed by atoms with Crippen molar-refractivity contribution in [1.29, 1.82) is 0 Å². The zero-order chi connectivity index (χ0) is 19.6. The summed E-state index contributed by atoms with van der Waals surface area (Å²) in [6.07, 6.45) is 8.30. The van der Waals surface area contributed by atoms with Gasteiger partial charge in [0.1, 0.15) is 23.7 Å². The Morgan fingerprint density at radius 2 is 2.11 bits per heavy atom. The van der Waals surface area contributed by atoms with Crippen LogP contribution in [0.4, 0.5) is 0 Å². The number of unbranched alkanes of at least 4 members (excludes halogenated alkanes) is 2. The Labute approximate surface area is 162 Å². The van der Waals surface area contributed by atoms with Crippen LogP contribution in [-0.2, 0) is 16.0 Å². The van der Waals surface area contributed by atoms with Crippen molar-refractivity contribution in [2.45, 2.75) is 77.7 Å². The molecule has 0 radical (unpaired) electrons. The van der Waals surface area contributed by atoms with E-state index in [9.17, 15) is 9.90 Å². The first-order chi connectivity index (χ1) is 12.8. The summed E-state index contributed by atoms with van der Waals surface area (Å²) < 4.78 is 11.6. The molecule has 0 fully saturated rings. The standard InChI is InChI=1S/C23H32O4/c1-5-6-7-8-16-12-20(25)22-18-11-17(14-26-15(2)24)9-10-19(18)23(3,4)27-21(22)13-16/h9,12-13,18-19,25H,5-8,10-11,14H2,1-4H3/t18-,19-/m1/s1. The second-order valence-corrected chi connectivity index (χ2v) is 8.48. The highest BCUT2D eigenvalue weighted by atomic mass is 16.5. The van der Waals surface area contributed by atoms with Crippen LogP contribution in [0.5, 0.6) is 11.5 Å². The maximum Gasteiger partial charge on any atom is 0.302 e. The van der Waals surface area contributed by atoms with Gasteiger partial charge in [0.05, 0.1) is 0 Å². The fourth-order valence-corrected chi connectivity index (χ4v) is 4.56. The van der Waals surface area contributed by atoms with Gasteiger partial charge in [-0.3, -0.25) is 4.79 Å².